The van der Waals surface area contributed by atoms with E-state index >= 15 is 0 Å². The number of nitrogens with two attached hydrogens (primary N) is 1. The molecule has 20 heavy (non-hydrogen) atoms. The number of oxime groups is 1. The average Bonchev–Trinajstić information content (AvgIpc) is 2.49. The summed E-state index contributed by atoms with van der Waals surface area (Å²) in [7, 11) is 0. The third-order valence-electron chi connectivity index (χ3n) is 3.03. The molecular formula is C14H18N4O2. The van der Waals surface area contributed by atoms with E-state index in [-0.39, 0.29) is 6.61 Å². The van der Waals surface area contributed by atoms with Gasteiger partial charge >= 0.3 is 0 Å². The van der Waals surface area contributed by atoms with Crippen LogP contribution in [0.25, 0.3) is 0 Å². The summed E-state index contributed by atoms with van der Waals surface area (Å²) in [4.78, 5) is 7.38. The van der Waals surface area contributed by atoms with E-state index in [1.165, 1.54) is 0 Å². The Hall–Kier alpha value is -2.10. The molecule has 0 atom stereocenters. The number of rotatable bonds is 5. The molecule has 1 aromatic rings. The molecule has 1 aliphatic heterocycles. The fraction of sp³-hybridized carbons (Fsp3) is 0.429. The summed E-state index contributed by atoms with van der Waals surface area (Å²) in [5.74, 6) is 0.432. The number of ether oxygens (including phenoxy) is 1. The van der Waals surface area contributed by atoms with E-state index in [1.807, 2.05) is 18.2 Å². The van der Waals surface area contributed by atoms with Crippen molar-refractivity contribution >= 4 is 5.84 Å². The Kier molecular flexibility index (Phi) is 5.35. The smallest absolute Gasteiger partial charge is 0.153 e. The van der Waals surface area contributed by atoms with E-state index in [0.717, 1.165) is 31.9 Å². The second-order valence-electron chi connectivity index (χ2n) is 4.51. The molecule has 1 saturated heterocycles. The van der Waals surface area contributed by atoms with Gasteiger partial charge < -0.3 is 15.3 Å². The Labute approximate surface area is 118 Å². The Morgan fingerprint density at radius 1 is 1.40 bits per heavy atom. The number of amidine groups is 1. The maximum absolute atomic E-state index is 8.96. The molecule has 2 rings (SSSR count). The van der Waals surface area contributed by atoms with E-state index in [4.69, 9.17) is 20.6 Å². The number of hydrogen-bond acceptors (Lipinski definition) is 5. The predicted octanol–water partition coefficient (Wildman–Crippen LogP) is 0.679. The van der Waals surface area contributed by atoms with Gasteiger partial charge in [0.15, 0.2) is 5.84 Å². The van der Waals surface area contributed by atoms with Crippen LogP contribution in [0.15, 0.2) is 29.4 Å². The van der Waals surface area contributed by atoms with Crippen molar-refractivity contribution < 1.29 is 9.57 Å². The van der Waals surface area contributed by atoms with Crippen LogP contribution < -0.4 is 5.73 Å². The maximum Gasteiger partial charge on any atom is 0.153 e. The molecule has 1 fully saturated rings. The topological polar surface area (TPSA) is 83.9 Å². The molecule has 1 heterocycles. The van der Waals surface area contributed by atoms with Gasteiger partial charge in [-0.05, 0) is 6.07 Å². The van der Waals surface area contributed by atoms with Crippen molar-refractivity contribution in [1.29, 1.82) is 5.26 Å². The minimum Gasteiger partial charge on any atom is -0.389 e. The van der Waals surface area contributed by atoms with Gasteiger partial charge in [-0.3, -0.25) is 4.90 Å². The second-order valence-corrected chi connectivity index (χ2v) is 4.51. The number of benzene rings is 1. The molecule has 0 aliphatic carbocycles. The quantitative estimate of drug-likeness (QED) is 0.485. The predicted molar refractivity (Wildman–Crippen MR) is 74.8 cm³/mol. The normalized spacial score (nSPS) is 16.6. The minimum absolute atomic E-state index is 0.244. The third kappa shape index (κ3) is 4.23. The van der Waals surface area contributed by atoms with Crippen molar-refractivity contribution in [3.8, 4) is 6.07 Å². The SMILES string of the molecule is N#Cc1ccccc1CO/N=C(\N)CN1CCOCC1. The van der Waals surface area contributed by atoms with Crippen LogP contribution in [-0.2, 0) is 16.2 Å². The van der Waals surface area contributed by atoms with Crippen LogP contribution in [0.2, 0.25) is 0 Å². The molecule has 0 amide bonds. The highest BCUT2D eigenvalue weighted by molar-refractivity contribution is 5.81. The Morgan fingerprint density at radius 3 is 2.90 bits per heavy atom. The van der Waals surface area contributed by atoms with Crippen molar-refractivity contribution in [1.82, 2.24) is 4.90 Å². The zero-order valence-electron chi connectivity index (χ0n) is 11.3. The number of nitrogens with zero attached hydrogens (tertiary/aromatic N) is 3. The van der Waals surface area contributed by atoms with E-state index in [1.54, 1.807) is 6.07 Å². The summed E-state index contributed by atoms with van der Waals surface area (Å²) >= 11 is 0. The standard InChI is InChI=1S/C14H18N4O2/c15-9-12-3-1-2-4-13(12)11-20-17-14(16)10-18-5-7-19-8-6-18/h1-4H,5-8,10-11H2,(H2,16,17). The van der Waals surface area contributed by atoms with Crippen LogP contribution in [0.1, 0.15) is 11.1 Å². The molecule has 1 aliphatic rings. The van der Waals surface area contributed by atoms with Crippen LogP contribution in [-0.4, -0.2) is 43.6 Å². The number of nitriles is 1. The lowest BCUT2D eigenvalue weighted by Crippen LogP contribution is -2.41. The molecule has 6 heteroatoms. The molecule has 0 bridgehead atoms. The first-order chi connectivity index (χ1) is 9.79. The summed E-state index contributed by atoms with van der Waals surface area (Å²) in [5, 5.41) is 12.9. The van der Waals surface area contributed by atoms with Gasteiger partial charge in [0.2, 0.25) is 0 Å². The lowest BCUT2D eigenvalue weighted by atomic mass is 10.1. The van der Waals surface area contributed by atoms with Gasteiger partial charge in [0.05, 0.1) is 31.4 Å². The van der Waals surface area contributed by atoms with Gasteiger partial charge in [0.25, 0.3) is 0 Å². The molecule has 0 saturated carbocycles. The minimum atomic E-state index is 0.244. The first-order valence-electron chi connectivity index (χ1n) is 6.52. The highest BCUT2D eigenvalue weighted by Crippen LogP contribution is 2.08. The first kappa shape index (κ1) is 14.3. The van der Waals surface area contributed by atoms with E-state index in [0.29, 0.717) is 17.9 Å². The number of morpholine rings is 1. The first-order valence-corrected chi connectivity index (χ1v) is 6.52. The van der Waals surface area contributed by atoms with Crippen molar-refractivity contribution in [2.75, 3.05) is 32.8 Å². The molecule has 0 spiro atoms. The van der Waals surface area contributed by atoms with Crippen LogP contribution in [0.4, 0.5) is 0 Å². The van der Waals surface area contributed by atoms with Gasteiger partial charge in [0.1, 0.15) is 6.61 Å². The molecule has 0 unspecified atom stereocenters. The summed E-state index contributed by atoms with van der Waals surface area (Å²) in [6, 6.07) is 9.39. The monoisotopic (exact) mass is 274 g/mol. The summed E-state index contributed by atoms with van der Waals surface area (Å²) in [5.41, 5.74) is 7.21. The van der Waals surface area contributed by atoms with E-state index in [2.05, 4.69) is 16.1 Å². The fourth-order valence-corrected chi connectivity index (χ4v) is 1.96. The molecule has 0 aromatic heterocycles. The van der Waals surface area contributed by atoms with Gasteiger partial charge in [-0.15, -0.1) is 0 Å². The molecule has 106 valence electrons. The highest BCUT2D eigenvalue weighted by atomic mass is 16.6. The van der Waals surface area contributed by atoms with Crippen molar-refractivity contribution in [3.05, 3.63) is 35.4 Å². The van der Waals surface area contributed by atoms with Crippen LogP contribution >= 0.6 is 0 Å². The molecule has 6 nitrogen and oxygen atoms in total. The molecule has 2 N–H and O–H groups in total. The van der Waals surface area contributed by atoms with Gasteiger partial charge in [-0.1, -0.05) is 23.4 Å². The second kappa shape index (κ2) is 7.48. The Bertz CT molecular complexity index is 504. The summed E-state index contributed by atoms with van der Waals surface area (Å²) in [6.45, 7) is 3.98. The largest absolute Gasteiger partial charge is 0.389 e. The Morgan fingerprint density at radius 2 is 2.15 bits per heavy atom. The molecule has 0 radical (unpaired) electrons. The zero-order chi connectivity index (χ0) is 14.2. The van der Waals surface area contributed by atoms with Crippen molar-refractivity contribution in [2.45, 2.75) is 6.61 Å². The van der Waals surface area contributed by atoms with Crippen LogP contribution in [0.5, 0.6) is 0 Å². The zero-order valence-corrected chi connectivity index (χ0v) is 11.3. The highest BCUT2D eigenvalue weighted by Gasteiger charge is 2.11. The lowest BCUT2D eigenvalue weighted by Gasteiger charge is -2.25. The van der Waals surface area contributed by atoms with Crippen LogP contribution in [0, 0.1) is 11.3 Å². The van der Waals surface area contributed by atoms with E-state index < -0.39 is 0 Å². The van der Waals surface area contributed by atoms with Gasteiger partial charge in [-0.25, -0.2) is 0 Å². The average molecular weight is 274 g/mol. The van der Waals surface area contributed by atoms with Crippen molar-refractivity contribution in [3.63, 3.8) is 0 Å². The molecular weight excluding hydrogens is 256 g/mol. The Balaban J connectivity index is 1.81. The summed E-state index contributed by atoms with van der Waals surface area (Å²) < 4.78 is 5.26. The summed E-state index contributed by atoms with van der Waals surface area (Å²) in [6.07, 6.45) is 0. The number of hydrogen-bond donors (Lipinski definition) is 1. The molecule has 1 aromatic carbocycles. The maximum atomic E-state index is 8.96. The van der Waals surface area contributed by atoms with Crippen LogP contribution in [0.3, 0.4) is 0 Å². The fourth-order valence-electron chi connectivity index (χ4n) is 1.96. The third-order valence-corrected chi connectivity index (χ3v) is 3.03. The van der Waals surface area contributed by atoms with E-state index in [9.17, 15) is 0 Å². The van der Waals surface area contributed by atoms with Gasteiger partial charge in [-0.2, -0.15) is 5.26 Å². The van der Waals surface area contributed by atoms with Crippen molar-refractivity contribution in [2.24, 2.45) is 10.9 Å². The lowest BCUT2D eigenvalue weighted by molar-refractivity contribution is 0.0443. The van der Waals surface area contributed by atoms with Gasteiger partial charge in [0, 0.05) is 18.7 Å².